The average Bonchev–Trinajstić information content (AvgIpc) is 2.28. The van der Waals surface area contributed by atoms with Gasteiger partial charge in [-0.05, 0) is 31.1 Å². The number of hydrogen-bond donors (Lipinski definition) is 1. The van der Waals surface area contributed by atoms with Gasteiger partial charge in [-0.25, -0.2) is 8.42 Å². The number of carbonyl (C=O) groups is 1. The van der Waals surface area contributed by atoms with E-state index in [0.29, 0.717) is 12.8 Å². The topological polar surface area (TPSA) is 63.2 Å². The molecule has 1 aliphatic rings. The highest BCUT2D eigenvalue weighted by Gasteiger charge is 2.32. The van der Waals surface area contributed by atoms with Crippen LogP contribution in [-0.2, 0) is 14.6 Å². The first-order valence-corrected chi connectivity index (χ1v) is 9.25. The first-order valence-electron chi connectivity index (χ1n) is 7.43. The number of carbonyl (C=O) groups excluding carboxylic acids is 1. The Labute approximate surface area is 123 Å². The Hall–Kier alpha value is -0.580. The largest absolute Gasteiger partial charge is 0.353 e. The SMILES string of the molecule is CC(C)(C)CCC(C)(C)C(=O)NC1CCS(=O)(=O)CC1. The van der Waals surface area contributed by atoms with Crippen molar-refractivity contribution >= 4 is 15.7 Å². The fraction of sp³-hybridized carbons (Fsp3) is 0.933. The van der Waals surface area contributed by atoms with Crippen molar-refractivity contribution in [2.45, 2.75) is 66.3 Å². The van der Waals surface area contributed by atoms with E-state index in [1.807, 2.05) is 13.8 Å². The zero-order valence-electron chi connectivity index (χ0n) is 13.5. The van der Waals surface area contributed by atoms with Crippen molar-refractivity contribution in [1.82, 2.24) is 5.32 Å². The molecule has 0 unspecified atom stereocenters. The van der Waals surface area contributed by atoms with Crippen molar-refractivity contribution in [3.63, 3.8) is 0 Å². The first kappa shape index (κ1) is 17.5. The van der Waals surface area contributed by atoms with Crippen LogP contribution in [0, 0.1) is 10.8 Å². The lowest BCUT2D eigenvalue weighted by molar-refractivity contribution is -0.130. The van der Waals surface area contributed by atoms with E-state index in [4.69, 9.17) is 0 Å². The molecule has 0 saturated carbocycles. The van der Waals surface area contributed by atoms with E-state index in [9.17, 15) is 13.2 Å². The summed E-state index contributed by atoms with van der Waals surface area (Å²) in [4.78, 5) is 12.4. The van der Waals surface area contributed by atoms with Gasteiger partial charge in [-0.15, -0.1) is 0 Å². The van der Waals surface area contributed by atoms with Gasteiger partial charge in [-0.3, -0.25) is 4.79 Å². The summed E-state index contributed by atoms with van der Waals surface area (Å²) in [6.07, 6.45) is 2.92. The first-order chi connectivity index (χ1) is 8.91. The maximum absolute atomic E-state index is 12.4. The van der Waals surface area contributed by atoms with Crippen LogP contribution in [0.2, 0.25) is 0 Å². The number of rotatable bonds is 4. The zero-order chi connectivity index (χ0) is 15.6. The highest BCUT2D eigenvalue weighted by atomic mass is 32.2. The van der Waals surface area contributed by atoms with Gasteiger partial charge in [0.1, 0.15) is 9.84 Å². The van der Waals surface area contributed by atoms with Crippen molar-refractivity contribution in [3.05, 3.63) is 0 Å². The molecule has 0 aromatic carbocycles. The van der Waals surface area contributed by atoms with Crippen molar-refractivity contribution in [3.8, 4) is 0 Å². The third kappa shape index (κ3) is 5.81. The third-order valence-electron chi connectivity index (χ3n) is 4.00. The predicted octanol–water partition coefficient (Wildman–Crippen LogP) is 2.53. The van der Waals surface area contributed by atoms with Crippen LogP contribution < -0.4 is 5.32 Å². The molecule has 1 saturated heterocycles. The van der Waals surface area contributed by atoms with Gasteiger partial charge in [0.15, 0.2) is 0 Å². The molecule has 1 heterocycles. The van der Waals surface area contributed by atoms with Crippen LogP contribution in [0.15, 0.2) is 0 Å². The lowest BCUT2D eigenvalue weighted by Gasteiger charge is -2.31. The lowest BCUT2D eigenvalue weighted by Crippen LogP contribution is -2.46. The zero-order valence-corrected chi connectivity index (χ0v) is 14.3. The summed E-state index contributed by atoms with van der Waals surface area (Å²) >= 11 is 0. The molecule has 118 valence electrons. The van der Waals surface area contributed by atoms with Crippen LogP contribution in [-0.4, -0.2) is 31.9 Å². The van der Waals surface area contributed by atoms with Crippen molar-refractivity contribution in [2.75, 3.05) is 11.5 Å². The molecule has 4 nitrogen and oxygen atoms in total. The van der Waals surface area contributed by atoms with E-state index < -0.39 is 15.3 Å². The molecule has 1 N–H and O–H groups in total. The van der Waals surface area contributed by atoms with Crippen LogP contribution in [0.1, 0.15) is 60.3 Å². The summed E-state index contributed by atoms with van der Waals surface area (Å²) < 4.78 is 22.8. The summed E-state index contributed by atoms with van der Waals surface area (Å²) in [6.45, 7) is 10.5. The van der Waals surface area contributed by atoms with E-state index in [1.54, 1.807) is 0 Å². The quantitative estimate of drug-likeness (QED) is 0.868. The molecule has 0 spiro atoms. The van der Waals surface area contributed by atoms with Gasteiger partial charge in [0.2, 0.25) is 5.91 Å². The number of sulfone groups is 1. The highest BCUT2D eigenvalue weighted by molar-refractivity contribution is 7.91. The molecule has 0 aromatic heterocycles. The summed E-state index contributed by atoms with van der Waals surface area (Å²) in [7, 11) is -2.87. The molecule has 0 bridgehead atoms. The van der Waals surface area contributed by atoms with Gasteiger partial charge in [0.25, 0.3) is 0 Å². The van der Waals surface area contributed by atoms with Crippen LogP contribution >= 0.6 is 0 Å². The van der Waals surface area contributed by atoms with E-state index in [2.05, 4.69) is 26.1 Å². The minimum absolute atomic E-state index is 0.0138. The molecule has 1 amide bonds. The number of hydrogen-bond acceptors (Lipinski definition) is 3. The molecule has 0 aromatic rings. The van der Waals surface area contributed by atoms with Gasteiger partial charge in [0.05, 0.1) is 11.5 Å². The second kappa shape index (κ2) is 6.04. The average molecular weight is 303 g/mol. The molecular formula is C15H29NO3S. The standard InChI is InChI=1S/C15H29NO3S/c1-14(2,3)8-9-15(4,5)13(17)16-12-6-10-20(18,19)11-7-12/h12H,6-11H2,1-5H3,(H,16,17). The Morgan fingerprint density at radius 2 is 1.55 bits per heavy atom. The maximum Gasteiger partial charge on any atom is 0.225 e. The fourth-order valence-electron chi connectivity index (χ4n) is 2.22. The molecule has 0 radical (unpaired) electrons. The molecule has 1 fully saturated rings. The minimum Gasteiger partial charge on any atom is -0.353 e. The van der Waals surface area contributed by atoms with Gasteiger partial charge in [0, 0.05) is 11.5 Å². The Balaban J connectivity index is 2.49. The van der Waals surface area contributed by atoms with Crippen molar-refractivity contribution in [2.24, 2.45) is 10.8 Å². The van der Waals surface area contributed by atoms with Gasteiger partial charge in [-0.1, -0.05) is 34.6 Å². The molecule has 5 heteroatoms. The van der Waals surface area contributed by atoms with E-state index >= 15 is 0 Å². The normalized spacial score (nSPS) is 20.6. The molecular weight excluding hydrogens is 274 g/mol. The summed E-state index contributed by atoms with van der Waals surface area (Å²) in [5, 5.41) is 3.03. The monoisotopic (exact) mass is 303 g/mol. The third-order valence-corrected chi connectivity index (χ3v) is 5.72. The number of nitrogens with one attached hydrogen (secondary N) is 1. The molecule has 1 rings (SSSR count). The van der Waals surface area contributed by atoms with Gasteiger partial charge < -0.3 is 5.32 Å². The molecule has 0 aliphatic carbocycles. The van der Waals surface area contributed by atoms with Crippen molar-refractivity contribution < 1.29 is 13.2 Å². The second-order valence-electron chi connectivity index (χ2n) is 7.84. The Kier molecular flexibility index (Phi) is 5.28. The summed E-state index contributed by atoms with van der Waals surface area (Å²) in [5.74, 6) is 0.437. The summed E-state index contributed by atoms with van der Waals surface area (Å²) in [5.41, 5.74) is -0.180. The van der Waals surface area contributed by atoms with Crippen LogP contribution in [0.25, 0.3) is 0 Å². The van der Waals surface area contributed by atoms with E-state index in [-0.39, 0.29) is 28.9 Å². The molecule has 20 heavy (non-hydrogen) atoms. The van der Waals surface area contributed by atoms with Crippen LogP contribution in [0.4, 0.5) is 0 Å². The van der Waals surface area contributed by atoms with Gasteiger partial charge >= 0.3 is 0 Å². The van der Waals surface area contributed by atoms with Crippen LogP contribution in [0.3, 0.4) is 0 Å². The fourth-order valence-corrected chi connectivity index (χ4v) is 3.71. The van der Waals surface area contributed by atoms with Crippen molar-refractivity contribution in [1.29, 1.82) is 0 Å². The number of amides is 1. The lowest BCUT2D eigenvalue weighted by atomic mass is 9.79. The Morgan fingerprint density at radius 1 is 1.05 bits per heavy atom. The maximum atomic E-state index is 12.4. The molecule has 0 atom stereocenters. The molecule has 1 aliphatic heterocycles. The van der Waals surface area contributed by atoms with Crippen LogP contribution in [0.5, 0.6) is 0 Å². The Bertz CT molecular complexity index is 432. The smallest absolute Gasteiger partial charge is 0.225 e. The van der Waals surface area contributed by atoms with Gasteiger partial charge in [-0.2, -0.15) is 0 Å². The minimum atomic E-state index is -2.87. The predicted molar refractivity (Wildman–Crippen MR) is 82.3 cm³/mol. The van der Waals surface area contributed by atoms with E-state index in [0.717, 1.165) is 12.8 Å². The summed E-state index contributed by atoms with van der Waals surface area (Å²) in [6, 6.07) is 0.0138. The van der Waals surface area contributed by atoms with E-state index in [1.165, 1.54) is 0 Å². The highest BCUT2D eigenvalue weighted by Crippen LogP contribution is 2.30. The second-order valence-corrected chi connectivity index (χ2v) is 10.1. The Morgan fingerprint density at radius 3 is 2.00 bits per heavy atom.